The van der Waals surface area contributed by atoms with Gasteiger partial charge in [0.05, 0.1) is 12.0 Å². The first-order valence-electron chi connectivity index (χ1n) is 7.20. The molecule has 1 heterocycles. The molecule has 1 aromatic rings. The predicted molar refractivity (Wildman–Crippen MR) is 74.6 cm³/mol. The van der Waals surface area contributed by atoms with Gasteiger partial charge in [-0.05, 0) is 26.2 Å². The zero-order valence-electron chi connectivity index (χ0n) is 11.9. The van der Waals surface area contributed by atoms with Gasteiger partial charge in [0.25, 0.3) is 0 Å². The molecule has 1 aliphatic rings. The van der Waals surface area contributed by atoms with Crippen LogP contribution in [-0.4, -0.2) is 27.5 Å². The van der Waals surface area contributed by atoms with E-state index in [1.807, 2.05) is 13.1 Å². The normalized spacial score (nSPS) is 16.3. The lowest BCUT2D eigenvalue weighted by Gasteiger charge is -2.12. The number of imidazole rings is 1. The molecule has 1 fully saturated rings. The van der Waals surface area contributed by atoms with Gasteiger partial charge in [-0.3, -0.25) is 4.79 Å². The average molecular weight is 264 g/mol. The van der Waals surface area contributed by atoms with Crippen molar-refractivity contribution in [2.24, 2.45) is 0 Å². The highest BCUT2D eigenvalue weighted by molar-refractivity contribution is 5.76. The van der Waals surface area contributed by atoms with Crippen LogP contribution in [0.5, 0.6) is 0 Å². The summed E-state index contributed by atoms with van der Waals surface area (Å²) in [5.41, 5.74) is 1.16. The van der Waals surface area contributed by atoms with E-state index in [0.717, 1.165) is 18.7 Å². The number of carbonyl (C=O) groups is 1. The molecule has 0 bridgehead atoms. The monoisotopic (exact) mass is 264 g/mol. The summed E-state index contributed by atoms with van der Waals surface area (Å²) in [5, 5.41) is 6.45. The maximum atomic E-state index is 11.7. The van der Waals surface area contributed by atoms with E-state index >= 15 is 0 Å². The van der Waals surface area contributed by atoms with Gasteiger partial charge in [-0.1, -0.05) is 6.92 Å². The van der Waals surface area contributed by atoms with Crippen LogP contribution < -0.4 is 10.6 Å². The summed E-state index contributed by atoms with van der Waals surface area (Å²) in [6, 6.07) is 0.948. The highest BCUT2D eigenvalue weighted by atomic mass is 16.1. The third-order valence-electron chi connectivity index (χ3n) is 3.55. The molecule has 5 heteroatoms. The fourth-order valence-electron chi connectivity index (χ4n) is 1.90. The topological polar surface area (TPSA) is 59.0 Å². The van der Waals surface area contributed by atoms with E-state index in [1.54, 1.807) is 6.33 Å². The molecule has 1 unspecified atom stereocenters. The second kappa shape index (κ2) is 6.70. The zero-order valence-corrected chi connectivity index (χ0v) is 11.9. The van der Waals surface area contributed by atoms with Crippen molar-refractivity contribution < 1.29 is 4.79 Å². The van der Waals surface area contributed by atoms with Crippen molar-refractivity contribution in [1.82, 2.24) is 20.2 Å². The number of aromatic nitrogens is 2. The standard InChI is InChI=1S/C14H24N4O/c1-3-11(2)17-14(19)6-7-18-10-15-8-13(18)9-16-12-4-5-12/h8,10-12,16H,3-7,9H2,1-2H3,(H,17,19). The molecule has 2 N–H and O–H groups in total. The molecule has 106 valence electrons. The van der Waals surface area contributed by atoms with Crippen molar-refractivity contribution in [2.45, 2.75) is 64.7 Å². The van der Waals surface area contributed by atoms with Crippen molar-refractivity contribution in [3.05, 3.63) is 18.2 Å². The van der Waals surface area contributed by atoms with Crippen LogP contribution in [0.25, 0.3) is 0 Å². The van der Waals surface area contributed by atoms with Crippen LogP contribution in [-0.2, 0) is 17.9 Å². The number of nitrogens with one attached hydrogen (secondary N) is 2. The van der Waals surface area contributed by atoms with Gasteiger partial charge in [-0.2, -0.15) is 0 Å². The van der Waals surface area contributed by atoms with Gasteiger partial charge in [0.15, 0.2) is 0 Å². The minimum atomic E-state index is 0.115. The van der Waals surface area contributed by atoms with Crippen molar-refractivity contribution >= 4 is 5.91 Å². The molecule has 1 aliphatic carbocycles. The molecule has 0 saturated heterocycles. The Balaban J connectivity index is 1.75. The Morgan fingerprint density at radius 1 is 1.58 bits per heavy atom. The molecular weight excluding hydrogens is 240 g/mol. The van der Waals surface area contributed by atoms with Gasteiger partial charge in [0, 0.05) is 37.8 Å². The van der Waals surface area contributed by atoms with Gasteiger partial charge in [-0.15, -0.1) is 0 Å². The minimum absolute atomic E-state index is 0.115. The van der Waals surface area contributed by atoms with Gasteiger partial charge in [0.2, 0.25) is 5.91 Å². The average Bonchev–Trinajstić information content (AvgIpc) is 3.12. The Hall–Kier alpha value is -1.36. The first-order chi connectivity index (χ1) is 9.19. The number of rotatable bonds is 8. The maximum absolute atomic E-state index is 11.7. The first-order valence-corrected chi connectivity index (χ1v) is 7.20. The Kier molecular flexibility index (Phi) is 4.96. The molecule has 0 aliphatic heterocycles. The van der Waals surface area contributed by atoms with Crippen LogP contribution in [0.1, 0.15) is 45.2 Å². The third-order valence-corrected chi connectivity index (χ3v) is 3.55. The lowest BCUT2D eigenvalue weighted by Crippen LogP contribution is -2.32. The SMILES string of the molecule is CCC(C)NC(=O)CCn1cncc1CNC1CC1. The summed E-state index contributed by atoms with van der Waals surface area (Å²) in [4.78, 5) is 15.9. The van der Waals surface area contributed by atoms with Gasteiger partial charge in [0.1, 0.15) is 0 Å². The summed E-state index contributed by atoms with van der Waals surface area (Å²) in [7, 11) is 0. The first kappa shape index (κ1) is 14.1. The number of carbonyl (C=O) groups excluding carboxylic acids is 1. The molecule has 0 spiro atoms. The van der Waals surface area contributed by atoms with E-state index in [-0.39, 0.29) is 11.9 Å². The fourth-order valence-corrected chi connectivity index (χ4v) is 1.90. The molecule has 1 aromatic heterocycles. The molecule has 0 radical (unpaired) electrons. The predicted octanol–water partition coefficient (Wildman–Crippen LogP) is 1.44. The highest BCUT2D eigenvalue weighted by Crippen LogP contribution is 2.19. The van der Waals surface area contributed by atoms with Crippen molar-refractivity contribution in [1.29, 1.82) is 0 Å². The van der Waals surface area contributed by atoms with Gasteiger partial charge in [-0.25, -0.2) is 4.98 Å². The van der Waals surface area contributed by atoms with E-state index in [0.29, 0.717) is 19.0 Å². The summed E-state index contributed by atoms with van der Waals surface area (Å²) < 4.78 is 2.06. The molecular formula is C14H24N4O. The summed E-state index contributed by atoms with van der Waals surface area (Å²) in [6.45, 7) is 5.64. The minimum Gasteiger partial charge on any atom is -0.354 e. The fraction of sp³-hybridized carbons (Fsp3) is 0.714. The number of nitrogens with zero attached hydrogens (tertiary/aromatic N) is 2. The van der Waals surface area contributed by atoms with Crippen LogP contribution in [0, 0.1) is 0 Å². The van der Waals surface area contributed by atoms with E-state index in [2.05, 4.69) is 27.1 Å². The van der Waals surface area contributed by atoms with E-state index in [1.165, 1.54) is 12.8 Å². The lowest BCUT2D eigenvalue weighted by atomic mass is 10.2. The quantitative estimate of drug-likeness (QED) is 0.747. The number of hydrogen-bond acceptors (Lipinski definition) is 3. The molecule has 0 aromatic carbocycles. The Morgan fingerprint density at radius 2 is 2.37 bits per heavy atom. The second-order valence-electron chi connectivity index (χ2n) is 5.36. The van der Waals surface area contributed by atoms with Crippen LogP contribution in [0.2, 0.25) is 0 Å². The molecule has 19 heavy (non-hydrogen) atoms. The number of amides is 1. The molecule has 2 rings (SSSR count). The van der Waals surface area contributed by atoms with Gasteiger partial charge < -0.3 is 15.2 Å². The number of aryl methyl sites for hydroxylation is 1. The van der Waals surface area contributed by atoms with Crippen molar-refractivity contribution in [3.63, 3.8) is 0 Å². The summed E-state index contributed by atoms with van der Waals surface area (Å²) >= 11 is 0. The van der Waals surface area contributed by atoms with Gasteiger partial charge >= 0.3 is 0 Å². The maximum Gasteiger partial charge on any atom is 0.221 e. The summed E-state index contributed by atoms with van der Waals surface area (Å²) in [6.07, 6.45) is 7.73. The Labute approximate surface area is 114 Å². The van der Waals surface area contributed by atoms with Crippen LogP contribution in [0.3, 0.4) is 0 Å². The smallest absolute Gasteiger partial charge is 0.221 e. The third kappa shape index (κ3) is 4.67. The van der Waals surface area contributed by atoms with E-state index < -0.39 is 0 Å². The zero-order chi connectivity index (χ0) is 13.7. The highest BCUT2D eigenvalue weighted by Gasteiger charge is 2.20. The Bertz CT molecular complexity index is 411. The second-order valence-corrected chi connectivity index (χ2v) is 5.36. The molecule has 1 atom stereocenters. The van der Waals surface area contributed by atoms with E-state index in [4.69, 9.17) is 0 Å². The lowest BCUT2D eigenvalue weighted by molar-refractivity contribution is -0.121. The van der Waals surface area contributed by atoms with Crippen molar-refractivity contribution in [2.75, 3.05) is 0 Å². The number of hydrogen-bond donors (Lipinski definition) is 2. The Morgan fingerprint density at radius 3 is 3.05 bits per heavy atom. The van der Waals surface area contributed by atoms with Crippen LogP contribution >= 0.6 is 0 Å². The molecule has 5 nitrogen and oxygen atoms in total. The molecule has 1 saturated carbocycles. The van der Waals surface area contributed by atoms with E-state index in [9.17, 15) is 4.79 Å². The summed E-state index contributed by atoms with van der Waals surface area (Å²) in [5.74, 6) is 0.115. The van der Waals surface area contributed by atoms with Crippen LogP contribution in [0.4, 0.5) is 0 Å². The van der Waals surface area contributed by atoms with Crippen LogP contribution in [0.15, 0.2) is 12.5 Å². The van der Waals surface area contributed by atoms with Crippen molar-refractivity contribution in [3.8, 4) is 0 Å². The largest absolute Gasteiger partial charge is 0.354 e. The molecule has 1 amide bonds.